The SMILES string of the molecule is CCN1CCN(CCCC2C(N3CCN(CCC(=O)O)CC3)OC(=O)N2C)CC1. The highest BCUT2D eigenvalue weighted by molar-refractivity contribution is 5.70. The van der Waals surface area contributed by atoms with E-state index < -0.39 is 5.97 Å². The third-order valence-electron chi connectivity index (χ3n) is 6.63. The minimum Gasteiger partial charge on any atom is -0.481 e. The maximum absolute atomic E-state index is 12.2. The Morgan fingerprint density at radius 3 is 2.21 bits per heavy atom. The van der Waals surface area contributed by atoms with Crippen LogP contribution in [0, 0.1) is 0 Å². The highest BCUT2D eigenvalue weighted by Crippen LogP contribution is 2.26. The Balaban J connectivity index is 1.44. The number of carbonyl (C=O) groups excluding carboxylic acids is 1. The number of hydrogen-bond acceptors (Lipinski definition) is 7. The van der Waals surface area contributed by atoms with Crippen LogP contribution in [0.5, 0.6) is 0 Å². The average molecular weight is 412 g/mol. The molecule has 0 aromatic carbocycles. The molecule has 0 aromatic heterocycles. The maximum atomic E-state index is 12.2. The number of carboxylic acid groups (broad SMARTS) is 1. The fraction of sp³-hybridized carbons (Fsp3) is 0.900. The van der Waals surface area contributed by atoms with E-state index in [0.717, 1.165) is 78.3 Å². The summed E-state index contributed by atoms with van der Waals surface area (Å²) in [5.41, 5.74) is 0. The molecule has 0 radical (unpaired) electrons. The first-order chi connectivity index (χ1) is 14.0. The molecule has 3 aliphatic heterocycles. The van der Waals surface area contributed by atoms with Crippen LogP contribution in [0.2, 0.25) is 0 Å². The quantitative estimate of drug-likeness (QED) is 0.579. The zero-order chi connectivity index (χ0) is 20.8. The molecule has 0 aliphatic carbocycles. The van der Waals surface area contributed by atoms with E-state index in [2.05, 4.69) is 26.5 Å². The molecule has 0 spiro atoms. The van der Waals surface area contributed by atoms with Gasteiger partial charge >= 0.3 is 12.1 Å². The van der Waals surface area contributed by atoms with Crippen molar-refractivity contribution in [3.05, 3.63) is 0 Å². The number of hydrogen-bond donors (Lipinski definition) is 1. The molecule has 3 rings (SSSR count). The topological polar surface area (TPSA) is 79.8 Å². The van der Waals surface area contributed by atoms with Gasteiger partial charge in [0.15, 0.2) is 6.23 Å². The predicted molar refractivity (Wildman–Crippen MR) is 110 cm³/mol. The van der Waals surface area contributed by atoms with Gasteiger partial charge in [-0.3, -0.25) is 9.69 Å². The molecule has 1 N–H and O–H groups in total. The molecular formula is C20H37N5O4. The van der Waals surface area contributed by atoms with E-state index in [0.29, 0.717) is 6.54 Å². The summed E-state index contributed by atoms with van der Waals surface area (Å²) >= 11 is 0. The number of rotatable bonds is 9. The minimum absolute atomic E-state index is 0.0880. The smallest absolute Gasteiger partial charge is 0.411 e. The van der Waals surface area contributed by atoms with Crippen LogP contribution in [0.25, 0.3) is 0 Å². The van der Waals surface area contributed by atoms with Gasteiger partial charge in [0.25, 0.3) is 0 Å². The molecule has 9 heteroatoms. The summed E-state index contributed by atoms with van der Waals surface area (Å²) in [5, 5.41) is 8.86. The third-order valence-corrected chi connectivity index (χ3v) is 6.63. The number of carbonyl (C=O) groups is 2. The van der Waals surface area contributed by atoms with Crippen LogP contribution < -0.4 is 0 Å². The lowest BCUT2D eigenvalue weighted by molar-refractivity contribution is -0.137. The molecule has 0 saturated carbocycles. The van der Waals surface area contributed by atoms with E-state index in [1.54, 1.807) is 4.90 Å². The number of aliphatic carboxylic acids is 1. The van der Waals surface area contributed by atoms with Gasteiger partial charge in [-0.1, -0.05) is 6.92 Å². The van der Waals surface area contributed by atoms with Gasteiger partial charge < -0.3 is 29.4 Å². The fourth-order valence-corrected chi connectivity index (χ4v) is 4.59. The van der Waals surface area contributed by atoms with Crippen LogP contribution in [0.3, 0.4) is 0 Å². The van der Waals surface area contributed by atoms with Crippen molar-refractivity contribution in [2.75, 3.05) is 79.0 Å². The van der Waals surface area contributed by atoms with Gasteiger partial charge in [-0.05, 0) is 25.9 Å². The number of likely N-dealkylation sites (N-methyl/N-ethyl adjacent to an activating group) is 2. The molecule has 0 bridgehead atoms. The molecule has 2 unspecified atom stereocenters. The van der Waals surface area contributed by atoms with Crippen molar-refractivity contribution in [1.29, 1.82) is 0 Å². The lowest BCUT2D eigenvalue weighted by atomic mass is 10.1. The van der Waals surface area contributed by atoms with E-state index in [4.69, 9.17) is 9.84 Å². The molecule has 3 fully saturated rings. The van der Waals surface area contributed by atoms with E-state index >= 15 is 0 Å². The molecular weight excluding hydrogens is 374 g/mol. The molecule has 166 valence electrons. The van der Waals surface area contributed by atoms with Crippen molar-refractivity contribution >= 4 is 12.1 Å². The van der Waals surface area contributed by atoms with E-state index in [-0.39, 0.29) is 24.8 Å². The van der Waals surface area contributed by atoms with Crippen molar-refractivity contribution in [2.24, 2.45) is 0 Å². The number of piperazine rings is 2. The zero-order valence-corrected chi connectivity index (χ0v) is 18.0. The van der Waals surface area contributed by atoms with Crippen molar-refractivity contribution < 1.29 is 19.4 Å². The molecule has 2 atom stereocenters. The normalized spacial score (nSPS) is 28.1. The molecule has 9 nitrogen and oxygen atoms in total. The van der Waals surface area contributed by atoms with Crippen LogP contribution in [-0.2, 0) is 9.53 Å². The number of amides is 1. The van der Waals surface area contributed by atoms with Gasteiger partial charge in [0.05, 0.1) is 12.5 Å². The number of carboxylic acids is 1. The second kappa shape index (κ2) is 10.6. The van der Waals surface area contributed by atoms with Crippen LogP contribution in [0.1, 0.15) is 26.2 Å². The summed E-state index contributed by atoms with van der Waals surface area (Å²) in [5.74, 6) is -0.755. The molecule has 3 aliphatic rings. The predicted octanol–water partition coefficient (Wildman–Crippen LogP) is 0.273. The van der Waals surface area contributed by atoms with Crippen molar-refractivity contribution in [1.82, 2.24) is 24.5 Å². The summed E-state index contributed by atoms with van der Waals surface area (Å²) in [4.78, 5) is 34.2. The Hall–Kier alpha value is -1.42. The molecule has 0 aromatic rings. The Morgan fingerprint density at radius 1 is 1.00 bits per heavy atom. The standard InChI is InChI=1S/C20H37N5O4/c1-3-22-9-11-23(12-10-22)7-4-5-17-19(29-20(28)21(17)2)25-15-13-24(14-16-25)8-6-18(26)27/h17,19H,3-16H2,1-2H3,(H,26,27). The Morgan fingerprint density at radius 2 is 1.59 bits per heavy atom. The van der Waals surface area contributed by atoms with Crippen LogP contribution in [0.4, 0.5) is 4.79 Å². The number of cyclic esters (lactones) is 1. The lowest BCUT2D eigenvalue weighted by Crippen LogP contribution is -2.54. The van der Waals surface area contributed by atoms with Crippen LogP contribution in [-0.4, -0.2) is 133 Å². The summed E-state index contributed by atoms with van der Waals surface area (Å²) in [7, 11) is 1.84. The second-order valence-corrected chi connectivity index (χ2v) is 8.39. The Kier molecular flexibility index (Phi) is 8.11. The first-order valence-corrected chi connectivity index (χ1v) is 11.0. The molecule has 3 heterocycles. The summed E-state index contributed by atoms with van der Waals surface area (Å²) in [6.45, 7) is 12.8. The number of ether oxygens (including phenoxy) is 1. The molecule has 3 saturated heterocycles. The zero-order valence-electron chi connectivity index (χ0n) is 18.0. The van der Waals surface area contributed by atoms with E-state index in [1.165, 1.54) is 0 Å². The largest absolute Gasteiger partial charge is 0.481 e. The maximum Gasteiger partial charge on any atom is 0.411 e. The van der Waals surface area contributed by atoms with Crippen LogP contribution >= 0.6 is 0 Å². The minimum atomic E-state index is -0.755. The monoisotopic (exact) mass is 411 g/mol. The molecule has 1 amide bonds. The lowest BCUT2D eigenvalue weighted by Gasteiger charge is -2.39. The highest BCUT2D eigenvalue weighted by Gasteiger charge is 2.43. The third kappa shape index (κ3) is 6.04. The average Bonchev–Trinajstić information content (AvgIpc) is 3.01. The van der Waals surface area contributed by atoms with E-state index in [1.807, 2.05) is 7.05 Å². The van der Waals surface area contributed by atoms with Gasteiger partial charge in [0.1, 0.15) is 0 Å². The van der Waals surface area contributed by atoms with Crippen molar-refractivity contribution in [3.63, 3.8) is 0 Å². The fourth-order valence-electron chi connectivity index (χ4n) is 4.59. The van der Waals surface area contributed by atoms with Crippen molar-refractivity contribution in [2.45, 2.75) is 38.5 Å². The van der Waals surface area contributed by atoms with Gasteiger partial charge in [-0.15, -0.1) is 0 Å². The van der Waals surface area contributed by atoms with Crippen molar-refractivity contribution in [3.8, 4) is 0 Å². The second-order valence-electron chi connectivity index (χ2n) is 8.39. The first kappa shape index (κ1) is 22.3. The summed E-state index contributed by atoms with van der Waals surface area (Å²) in [6.07, 6.45) is 1.76. The Labute approximate surface area is 174 Å². The summed E-state index contributed by atoms with van der Waals surface area (Å²) < 4.78 is 5.71. The van der Waals surface area contributed by atoms with Crippen LogP contribution in [0.15, 0.2) is 0 Å². The first-order valence-electron chi connectivity index (χ1n) is 11.0. The van der Waals surface area contributed by atoms with Gasteiger partial charge in [0.2, 0.25) is 0 Å². The van der Waals surface area contributed by atoms with E-state index in [9.17, 15) is 9.59 Å². The summed E-state index contributed by atoms with van der Waals surface area (Å²) in [6, 6.07) is 0.0880. The highest BCUT2D eigenvalue weighted by atomic mass is 16.6. The molecule has 29 heavy (non-hydrogen) atoms. The van der Waals surface area contributed by atoms with Gasteiger partial charge in [0, 0.05) is 66.0 Å². The van der Waals surface area contributed by atoms with Gasteiger partial charge in [-0.2, -0.15) is 0 Å². The number of nitrogens with zero attached hydrogens (tertiary/aromatic N) is 5. The Bertz CT molecular complexity index is 547. The van der Waals surface area contributed by atoms with Gasteiger partial charge in [-0.25, -0.2) is 4.79 Å².